The Morgan fingerprint density at radius 1 is 1.21 bits per heavy atom. The van der Waals surface area contributed by atoms with Crippen LogP contribution in [0.3, 0.4) is 0 Å². The van der Waals surface area contributed by atoms with Crippen molar-refractivity contribution < 1.29 is 9.53 Å². The second-order valence-electron chi connectivity index (χ2n) is 4.90. The van der Waals surface area contributed by atoms with Crippen molar-refractivity contribution >= 4 is 16.7 Å². The highest BCUT2D eigenvalue weighted by atomic mass is 16.5. The average molecular weight is 257 g/mol. The predicted molar refractivity (Wildman–Crippen MR) is 77.0 cm³/mol. The van der Waals surface area contributed by atoms with Crippen LogP contribution in [-0.2, 0) is 15.1 Å². The molecule has 100 valence electrons. The summed E-state index contributed by atoms with van der Waals surface area (Å²) in [6.07, 6.45) is 0.304. The number of esters is 1. The van der Waals surface area contributed by atoms with Crippen molar-refractivity contribution in [3.8, 4) is 0 Å². The fraction of sp³-hybridized carbons (Fsp3) is 0.312. The maximum absolute atomic E-state index is 11.6. The Balaban J connectivity index is 2.42. The minimum Gasteiger partial charge on any atom is -0.469 e. The molecule has 1 atom stereocenters. The van der Waals surface area contributed by atoms with Crippen molar-refractivity contribution in [2.45, 2.75) is 18.9 Å². The molecule has 19 heavy (non-hydrogen) atoms. The van der Waals surface area contributed by atoms with Gasteiger partial charge >= 0.3 is 5.97 Å². The summed E-state index contributed by atoms with van der Waals surface area (Å²) in [6.45, 7) is 2.01. The molecule has 2 aromatic carbocycles. The Morgan fingerprint density at radius 2 is 1.89 bits per heavy atom. The lowest BCUT2D eigenvalue weighted by molar-refractivity contribution is -0.142. The van der Waals surface area contributed by atoms with Gasteiger partial charge in [0.1, 0.15) is 0 Å². The molecular weight excluding hydrogens is 238 g/mol. The lowest BCUT2D eigenvalue weighted by Gasteiger charge is -2.29. The second kappa shape index (κ2) is 5.41. The summed E-state index contributed by atoms with van der Waals surface area (Å²) in [5, 5.41) is 5.59. The number of methoxy groups -OCH3 is 1. The summed E-state index contributed by atoms with van der Waals surface area (Å²) in [4.78, 5) is 11.6. The lowest BCUT2D eigenvalue weighted by Crippen LogP contribution is -2.39. The lowest BCUT2D eigenvalue weighted by atomic mass is 9.87. The molecule has 0 saturated heterocycles. The first-order valence-electron chi connectivity index (χ1n) is 6.34. The molecule has 0 aliphatic heterocycles. The predicted octanol–water partition coefficient (Wildman–Crippen LogP) is 2.84. The van der Waals surface area contributed by atoms with Crippen molar-refractivity contribution in [3.05, 3.63) is 48.0 Å². The summed E-state index contributed by atoms with van der Waals surface area (Å²) in [7, 11) is 3.27. The van der Waals surface area contributed by atoms with Gasteiger partial charge in [-0.1, -0.05) is 36.4 Å². The first-order chi connectivity index (χ1) is 9.09. The van der Waals surface area contributed by atoms with E-state index < -0.39 is 5.54 Å². The molecule has 2 rings (SSSR count). The van der Waals surface area contributed by atoms with Gasteiger partial charge in [0.05, 0.1) is 19.1 Å². The minimum absolute atomic E-state index is 0.218. The van der Waals surface area contributed by atoms with Gasteiger partial charge in [-0.3, -0.25) is 4.79 Å². The van der Waals surface area contributed by atoms with E-state index in [1.54, 1.807) is 0 Å². The van der Waals surface area contributed by atoms with Crippen LogP contribution < -0.4 is 5.32 Å². The molecule has 1 N–H and O–H groups in total. The molecule has 0 aliphatic rings. The maximum atomic E-state index is 11.6. The van der Waals surface area contributed by atoms with Gasteiger partial charge in [0.15, 0.2) is 0 Å². The third-order valence-electron chi connectivity index (χ3n) is 3.66. The van der Waals surface area contributed by atoms with Gasteiger partial charge < -0.3 is 10.1 Å². The third-order valence-corrected chi connectivity index (χ3v) is 3.66. The zero-order valence-electron chi connectivity index (χ0n) is 11.6. The highest BCUT2D eigenvalue weighted by Crippen LogP contribution is 2.27. The summed E-state index contributed by atoms with van der Waals surface area (Å²) in [6, 6.07) is 14.5. The molecule has 0 fully saturated rings. The Labute approximate surface area is 113 Å². The van der Waals surface area contributed by atoms with E-state index in [0.29, 0.717) is 6.42 Å². The maximum Gasteiger partial charge on any atom is 0.307 e. The molecule has 0 aromatic heterocycles. The summed E-state index contributed by atoms with van der Waals surface area (Å²) in [5.41, 5.74) is 0.663. The SMILES string of the molecule is CNC(C)(CC(=O)OC)c1ccc2ccccc2c1. The fourth-order valence-corrected chi connectivity index (χ4v) is 2.23. The Kier molecular flexibility index (Phi) is 3.86. The number of carbonyl (C=O) groups is 1. The average Bonchev–Trinajstić information content (AvgIpc) is 2.46. The standard InChI is InChI=1S/C16H19NO2/c1-16(17-2,11-15(18)19-3)14-9-8-12-6-4-5-7-13(12)10-14/h4-10,17H,11H2,1-3H3. The Morgan fingerprint density at radius 3 is 2.53 bits per heavy atom. The minimum atomic E-state index is -0.420. The quantitative estimate of drug-likeness (QED) is 0.856. The number of ether oxygens (including phenoxy) is 1. The number of benzene rings is 2. The van der Waals surface area contributed by atoms with Crippen LogP contribution in [0.4, 0.5) is 0 Å². The number of carbonyl (C=O) groups excluding carboxylic acids is 1. The van der Waals surface area contributed by atoms with Crippen molar-refractivity contribution in [3.63, 3.8) is 0 Å². The van der Waals surface area contributed by atoms with Crippen molar-refractivity contribution in [2.24, 2.45) is 0 Å². The van der Waals surface area contributed by atoms with Crippen molar-refractivity contribution in [2.75, 3.05) is 14.2 Å². The van der Waals surface area contributed by atoms with Crippen molar-refractivity contribution in [1.82, 2.24) is 5.32 Å². The molecule has 0 saturated carbocycles. The van der Waals surface area contributed by atoms with Crippen LogP contribution >= 0.6 is 0 Å². The zero-order valence-corrected chi connectivity index (χ0v) is 11.6. The fourth-order valence-electron chi connectivity index (χ4n) is 2.23. The van der Waals surface area contributed by atoms with E-state index in [4.69, 9.17) is 4.74 Å². The van der Waals surface area contributed by atoms with Crippen LogP contribution in [0.2, 0.25) is 0 Å². The van der Waals surface area contributed by atoms with E-state index in [0.717, 1.165) is 5.56 Å². The van der Waals surface area contributed by atoms with Gasteiger partial charge in [0.2, 0.25) is 0 Å². The van der Waals surface area contributed by atoms with Crippen molar-refractivity contribution in [1.29, 1.82) is 0 Å². The topological polar surface area (TPSA) is 38.3 Å². The summed E-state index contributed by atoms with van der Waals surface area (Å²) in [5.74, 6) is -0.218. The van der Waals surface area contributed by atoms with Crippen LogP contribution in [-0.4, -0.2) is 20.1 Å². The van der Waals surface area contributed by atoms with Crippen LogP contribution in [0.15, 0.2) is 42.5 Å². The molecule has 2 aromatic rings. The largest absolute Gasteiger partial charge is 0.469 e. The summed E-state index contributed by atoms with van der Waals surface area (Å²) >= 11 is 0. The van der Waals surface area contributed by atoms with E-state index in [1.165, 1.54) is 17.9 Å². The first kappa shape index (κ1) is 13.6. The molecule has 1 unspecified atom stereocenters. The highest BCUT2D eigenvalue weighted by molar-refractivity contribution is 5.83. The molecule has 0 spiro atoms. The van der Waals surface area contributed by atoms with Crippen LogP contribution in [0.5, 0.6) is 0 Å². The molecular formula is C16H19NO2. The van der Waals surface area contributed by atoms with E-state index in [1.807, 2.05) is 26.1 Å². The van der Waals surface area contributed by atoms with Gasteiger partial charge in [-0.05, 0) is 36.4 Å². The summed E-state index contributed by atoms with van der Waals surface area (Å²) < 4.78 is 4.78. The molecule has 3 nitrogen and oxygen atoms in total. The molecule has 0 radical (unpaired) electrons. The van der Waals surface area contributed by atoms with E-state index >= 15 is 0 Å². The van der Waals surface area contributed by atoms with E-state index in [-0.39, 0.29) is 5.97 Å². The normalized spacial score (nSPS) is 14.1. The van der Waals surface area contributed by atoms with Gasteiger partial charge in [0, 0.05) is 0 Å². The number of hydrogen-bond donors (Lipinski definition) is 1. The number of nitrogens with one attached hydrogen (secondary N) is 1. The van der Waals surface area contributed by atoms with Gasteiger partial charge in [0.25, 0.3) is 0 Å². The van der Waals surface area contributed by atoms with E-state index in [9.17, 15) is 4.79 Å². The Hall–Kier alpha value is -1.87. The number of hydrogen-bond acceptors (Lipinski definition) is 3. The first-order valence-corrected chi connectivity index (χ1v) is 6.34. The van der Waals surface area contributed by atoms with Crippen LogP contribution in [0.25, 0.3) is 10.8 Å². The second-order valence-corrected chi connectivity index (χ2v) is 4.90. The smallest absolute Gasteiger partial charge is 0.307 e. The molecule has 0 aliphatic carbocycles. The van der Waals surface area contributed by atoms with Crippen LogP contribution in [0.1, 0.15) is 18.9 Å². The Bertz CT molecular complexity index is 594. The van der Waals surface area contributed by atoms with Crippen LogP contribution in [0, 0.1) is 0 Å². The molecule has 3 heteroatoms. The van der Waals surface area contributed by atoms with E-state index in [2.05, 4.69) is 35.6 Å². The van der Waals surface area contributed by atoms with Gasteiger partial charge in [-0.15, -0.1) is 0 Å². The van der Waals surface area contributed by atoms with Gasteiger partial charge in [-0.2, -0.15) is 0 Å². The number of rotatable bonds is 4. The highest BCUT2D eigenvalue weighted by Gasteiger charge is 2.28. The number of fused-ring (bicyclic) bond motifs is 1. The molecule has 0 amide bonds. The third kappa shape index (κ3) is 2.76. The zero-order chi connectivity index (χ0) is 13.9. The molecule has 0 heterocycles. The monoisotopic (exact) mass is 257 g/mol. The van der Waals surface area contributed by atoms with Gasteiger partial charge in [-0.25, -0.2) is 0 Å². The molecule has 0 bridgehead atoms.